The van der Waals surface area contributed by atoms with Crippen LogP contribution in [0.4, 0.5) is 0 Å². The molecule has 0 aliphatic rings. The first-order valence-corrected chi connectivity index (χ1v) is 10.5. The molecule has 146 valence electrons. The van der Waals surface area contributed by atoms with Gasteiger partial charge in [0.2, 0.25) is 10.0 Å². The fourth-order valence-electron chi connectivity index (χ4n) is 2.77. The molecule has 2 aromatic rings. The normalized spacial score (nSPS) is 11.6. The van der Waals surface area contributed by atoms with Crippen molar-refractivity contribution in [1.82, 2.24) is 14.9 Å². The predicted octanol–water partition coefficient (Wildman–Crippen LogP) is 2.37. The Kier molecular flexibility index (Phi) is 7.53. The second kappa shape index (κ2) is 9.64. The SMILES string of the molecule is CCN(CC)Cc1ccccc1CNC(=O)c1cccc(S(=O)(=O)NC)c1. The highest BCUT2D eigenvalue weighted by molar-refractivity contribution is 7.89. The largest absolute Gasteiger partial charge is 0.348 e. The maximum absolute atomic E-state index is 12.5. The van der Waals surface area contributed by atoms with Gasteiger partial charge in [0, 0.05) is 18.7 Å². The molecule has 0 aliphatic heterocycles. The zero-order valence-electron chi connectivity index (χ0n) is 16.0. The second-order valence-corrected chi connectivity index (χ2v) is 8.03. The van der Waals surface area contributed by atoms with Gasteiger partial charge >= 0.3 is 0 Å². The Hall–Kier alpha value is -2.22. The van der Waals surface area contributed by atoms with Crippen LogP contribution in [0.5, 0.6) is 0 Å². The summed E-state index contributed by atoms with van der Waals surface area (Å²) in [5.74, 6) is -0.305. The lowest BCUT2D eigenvalue weighted by atomic mass is 10.1. The van der Waals surface area contributed by atoms with Crippen molar-refractivity contribution >= 4 is 15.9 Å². The third-order valence-electron chi connectivity index (χ3n) is 4.52. The van der Waals surface area contributed by atoms with Crippen molar-refractivity contribution in [2.45, 2.75) is 31.8 Å². The Bertz CT molecular complexity index is 878. The van der Waals surface area contributed by atoms with Crippen molar-refractivity contribution in [2.75, 3.05) is 20.1 Å². The molecule has 0 aromatic heterocycles. The van der Waals surface area contributed by atoms with Crippen molar-refractivity contribution in [2.24, 2.45) is 0 Å². The van der Waals surface area contributed by atoms with Crippen molar-refractivity contribution in [3.8, 4) is 0 Å². The molecule has 0 fully saturated rings. The predicted molar refractivity (Wildman–Crippen MR) is 107 cm³/mol. The van der Waals surface area contributed by atoms with E-state index in [1.807, 2.05) is 18.2 Å². The molecular weight excluding hydrogens is 362 g/mol. The average Bonchev–Trinajstić information content (AvgIpc) is 2.71. The Morgan fingerprint density at radius 2 is 1.67 bits per heavy atom. The summed E-state index contributed by atoms with van der Waals surface area (Å²) in [5.41, 5.74) is 2.54. The molecular formula is C20H27N3O3S. The summed E-state index contributed by atoms with van der Waals surface area (Å²) in [6, 6.07) is 14.0. The van der Waals surface area contributed by atoms with Crippen molar-refractivity contribution in [1.29, 1.82) is 0 Å². The maximum atomic E-state index is 12.5. The third kappa shape index (κ3) is 5.63. The van der Waals surface area contributed by atoms with Crippen LogP contribution in [0.3, 0.4) is 0 Å². The summed E-state index contributed by atoms with van der Waals surface area (Å²) in [5, 5.41) is 2.89. The van der Waals surface area contributed by atoms with Crippen LogP contribution in [0.2, 0.25) is 0 Å². The van der Waals surface area contributed by atoms with Crippen LogP contribution >= 0.6 is 0 Å². The molecule has 0 atom stereocenters. The standard InChI is InChI=1S/C20H27N3O3S/c1-4-23(5-2)15-18-10-7-6-9-17(18)14-22-20(24)16-11-8-12-19(13-16)27(25,26)21-3/h6-13,21H,4-5,14-15H2,1-3H3,(H,22,24). The summed E-state index contributed by atoms with van der Waals surface area (Å²) in [6.07, 6.45) is 0. The molecule has 0 unspecified atom stereocenters. The van der Waals surface area contributed by atoms with E-state index >= 15 is 0 Å². The molecule has 2 rings (SSSR count). The van der Waals surface area contributed by atoms with Crippen LogP contribution in [0, 0.1) is 0 Å². The molecule has 0 spiro atoms. The topological polar surface area (TPSA) is 78.5 Å². The van der Waals surface area contributed by atoms with Gasteiger partial charge in [0.05, 0.1) is 4.90 Å². The minimum absolute atomic E-state index is 0.0691. The fraction of sp³-hybridized carbons (Fsp3) is 0.350. The van der Waals surface area contributed by atoms with E-state index in [9.17, 15) is 13.2 Å². The first-order valence-electron chi connectivity index (χ1n) is 9.02. The number of rotatable bonds is 9. The Labute approximate surface area is 161 Å². The zero-order chi connectivity index (χ0) is 19.9. The molecule has 0 bridgehead atoms. The van der Waals surface area contributed by atoms with Crippen molar-refractivity contribution < 1.29 is 13.2 Å². The Morgan fingerprint density at radius 1 is 1.00 bits per heavy atom. The minimum atomic E-state index is -3.58. The van der Waals surface area contributed by atoms with Gasteiger partial charge in [0.25, 0.3) is 5.91 Å². The van der Waals surface area contributed by atoms with Gasteiger partial charge in [-0.25, -0.2) is 13.1 Å². The van der Waals surface area contributed by atoms with Crippen molar-refractivity contribution in [3.63, 3.8) is 0 Å². The van der Waals surface area contributed by atoms with Gasteiger partial charge in [0.1, 0.15) is 0 Å². The number of nitrogens with zero attached hydrogens (tertiary/aromatic N) is 1. The van der Waals surface area contributed by atoms with Gasteiger partial charge in [-0.15, -0.1) is 0 Å². The third-order valence-corrected chi connectivity index (χ3v) is 5.93. The first kappa shape index (κ1) is 21.1. The van der Waals surface area contributed by atoms with E-state index in [-0.39, 0.29) is 10.8 Å². The molecule has 6 nitrogen and oxygen atoms in total. The van der Waals surface area contributed by atoms with E-state index in [0.29, 0.717) is 12.1 Å². The molecule has 0 saturated carbocycles. The number of carbonyl (C=O) groups excluding carboxylic acids is 1. The quantitative estimate of drug-likeness (QED) is 0.690. The Balaban J connectivity index is 2.12. The molecule has 0 radical (unpaired) electrons. The summed E-state index contributed by atoms with van der Waals surface area (Å²) >= 11 is 0. The van der Waals surface area contributed by atoms with Crippen LogP contribution in [-0.4, -0.2) is 39.4 Å². The number of nitrogens with one attached hydrogen (secondary N) is 2. The number of carbonyl (C=O) groups is 1. The van der Waals surface area contributed by atoms with Crippen LogP contribution in [-0.2, 0) is 23.1 Å². The van der Waals surface area contributed by atoms with E-state index in [0.717, 1.165) is 25.2 Å². The number of hydrogen-bond donors (Lipinski definition) is 2. The van der Waals surface area contributed by atoms with Gasteiger partial charge in [-0.1, -0.05) is 44.2 Å². The fourth-order valence-corrected chi connectivity index (χ4v) is 3.55. The van der Waals surface area contributed by atoms with E-state index in [1.54, 1.807) is 12.1 Å². The van der Waals surface area contributed by atoms with Crippen LogP contribution < -0.4 is 10.0 Å². The number of hydrogen-bond acceptors (Lipinski definition) is 4. The summed E-state index contributed by atoms with van der Waals surface area (Å²) in [4.78, 5) is 14.9. The monoisotopic (exact) mass is 389 g/mol. The van der Waals surface area contributed by atoms with Crippen LogP contribution in [0.1, 0.15) is 35.3 Å². The van der Waals surface area contributed by atoms with Gasteiger partial charge in [-0.05, 0) is 49.5 Å². The zero-order valence-corrected chi connectivity index (χ0v) is 16.8. The second-order valence-electron chi connectivity index (χ2n) is 6.15. The molecule has 0 heterocycles. The lowest BCUT2D eigenvalue weighted by molar-refractivity contribution is 0.0950. The van der Waals surface area contributed by atoms with Crippen LogP contribution in [0.15, 0.2) is 53.4 Å². The van der Waals surface area contributed by atoms with Gasteiger partial charge in [-0.2, -0.15) is 0 Å². The summed E-state index contributed by atoms with van der Waals surface area (Å²) in [7, 11) is -2.24. The highest BCUT2D eigenvalue weighted by Crippen LogP contribution is 2.14. The molecule has 0 aliphatic carbocycles. The molecule has 27 heavy (non-hydrogen) atoms. The van der Waals surface area contributed by atoms with E-state index < -0.39 is 10.0 Å². The molecule has 2 aromatic carbocycles. The molecule has 0 saturated heterocycles. The summed E-state index contributed by atoms with van der Waals surface area (Å²) in [6.45, 7) is 7.39. The molecule has 1 amide bonds. The summed E-state index contributed by atoms with van der Waals surface area (Å²) < 4.78 is 26.1. The van der Waals surface area contributed by atoms with Crippen molar-refractivity contribution in [3.05, 3.63) is 65.2 Å². The van der Waals surface area contributed by atoms with E-state index in [1.165, 1.54) is 24.7 Å². The van der Waals surface area contributed by atoms with E-state index in [2.05, 4.69) is 34.9 Å². The highest BCUT2D eigenvalue weighted by atomic mass is 32.2. The highest BCUT2D eigenvalue weighted by Gasteiger charge is 2.14. The number of benzene rings is 2. The maximum Gasteiger partial charge on any atom is 0.251 e. The lowest BCUT2D eigenvalue weighted by Crippen LogP contribution is -2.26. The lowest BCUT2D eigenvalue weighted by Gasteiger charge is -2.20. The number of sulfonamides is 1. The number of amides is 1. The molecule has 2 N–H and O–H groups in total. The smallest absolute Gasteiger partial charge is 0.251 e. The van der Waals surface area contributed by atoms with Gasteiger partial charge < -0.3 is 5.32 Å². The minimum Gasteiger partial charge on any atom is -0.348 e. The molecule has 7 heteroatoms. The van der Waals surface area contributed by atoms with Gasteiger partial charge in [-0.3, -0.25) is 9.69 Å². The first-order chi connectivity index (χ1) is 12.9. The van der Waals surface area contributed by atoms with Crippen LogP contribution in [0.25, 0.3) is 0 Å². The average molecular weight is 390 g/mol. The Morgan fingerprint density at radius 3 is 2.30 bits per heavy atom. The van der Waals surface area contributed by atoms with Gasteiger partial charge in [0.15, 0.2) is 0 Å². The van der Waals surface area contributed by atoms with E-state index in [4.69, 9.17) is 0 Å².